The molecule has 8 nitrogen and oxygen atoms in total. The number of carbonyl (C=O) groups excluding carboxylic acids is 3. The Bertz CT molecular complexity index is 1200. The number of pyridine rings is 1. The zero-order chi connectivity index (χ0) is 21.0. The quantitative estimate of drug-likeness (QED) is 0.661. The van der Waals surface area contributed by atoms with Crippen molar-refractivity contribution < 1.29 is 27.9 Å². The number of hydrogen-bond acceptors (Lipinski definition) is 6. The standard InChI is InChI=1S/C21H16FN3O5/c1-29-14-5-4-11-9-25(19(27)17(11)18(14)22)10-21(8-16(26)24-20(21)28)15-7-12-13(30-15)3-2-6-23-12/h2-7H,8-10H2,1H3,(H,24,26,28)/t21-/m1/s1. The lowest BCUT2D eigenvalue weighted by Gasteiger charge is -2.28. The number of methoxy groups -OCH3 is 1. The minimum atomic E-state index is -1.42. The molecule has 9 heteroatoms. The molecule has 1 N–H and O–H groups in total. The van der Waals surface area contributed by atoms with Gasteiger partial charge >= 0.3 is 0 Å². The van der Waals surface area contributed by atoms with Crippen LogP contribution in [0.4, 0.5) is 4.39 Å². The second-order valence-corrected chi connectivity index (χ2v) is 7.41. The number of amides is 3. The van der Waals surface area contributed by atoms with E-state index in [9.17, 15) is 18.8 Å². The molecule has 0 aliphatic carbocycles. The monoisotopic (exact) mass is 409 g/mol. The number of fused-ring (bicyclic) bond motifs is 2. The molecule has 0 unspecified atom stereocenters. The first kappa shape index (κ1) is 18.3. The predicted octanol–water partition coefficient (Wildman–Crippen LogP) is 1.92. The summed E-state index contributed by atoms with van der Waals surface area (Å²) in [4.78, 5) is 43.5. The second kappa shape index (κ2) is 6.38. The van der Waals surface area contributed by atoms with Crippen molar-refractivity contribution in [2.75, 3.05) is 13.7 Å². The Hall–Kier alpha value is -3.75. The highest BCUT2D eigenvalue weighted by Crippen LogP contribution is 2.39. The van der Waals surface area contributed by atoms with E-state index >= 15 is 0 Å². The molecular formula is C21H16FN3O5. The Labute approximate surface area is 169 Å². The Kier molecular flexibility index (Phi) is 3.89. The molecule has 1 saturated heterocycles. The lowest BCUT2D eigenvalue weighted by atomic mass is 9.82. The zero-order valence-corrected chi connectivity index (χ0v) is 15.9. The number of nitrogens with zero attached hydrogens (tertiary/aromatic N) is 2. The summed E-state index contributed by atoms with van der Waals surface area (Å²) in [6.07, 6.45) is 1.41. The third-order valence-electron chi connectivity index (χ3n) is 5.64. The van der Waals surface area contributed by atoms with Gasteiger partial charge in [-0.05, 0) is 23.8 Å². The molecule has 0 spiro atoms. The van der Waals surface area contributed by atoms with Gasteiger partial charge in [0.1, 0.15) is 16.7 Å². The van der Waals surface area contributed by atoms with Gasteiger partial charge < -0.3 is 14.1 Å². The number of ether oxygens (including phenoxy) is 1. The van der Waals surface area contributed by atoms with Crippen LogP contribution < -0.4 is 10.1 Å². The van der Waals surface area contributed by atoms with Crippen LogP contribution in [0.1, 0.15) is 28.1 Å². The van der Waals surface area contributed by atoms with E-state index in [1.54, 1.807) is 30.5 Å². The van der Waals surface area contributed by atoms with E-state index in [2.05, 4.69) is 10.3 Å². The van der Waals surface area contributed by atoms with Crippen LogP contribution >= 0.6 is 0 Å². The lowest BCUT2D eigenvalue weighted by Crippen LogP contribution is -2.46. The number of furan rings is 1. The van der Waals surface area contributed by atoms with Crippen molar-refractivity contribution in [3.05, 3.63) is 59.2 Å². The summed E-state index contributed by atoms with van der Waals surface area (Å²) in [6.45, 7) is -0.0313. The van der Waals surface area contributed by atoms with E-state index < -0.39 is 29.0 Å². The summed E-state index contributed by atoms with van der Waals surface area (Å²) in [5.74, 6) is -2.13. The molecule has 4 heterocycles. The molecule has 2 aliphatic rings. The number of carbonyl (C=O) groups is 3. The molecule has 0 saturated carbocycles. The first-order chi connectivity index (χ1) is 14.4. The van der Waals surface area contributed by atoms with Gasteiger partial charge in [0.25, 0.3) is 5.91 Å². The van der Waals surface area contributed by atoms with Crippen LogP contribution in [0.25, 0.3) is 11.1 Å². The minimum absolute atomic E-state index is 0.0317. The fourth-order valence-corrected chi connectivity index (χ4v) is 4.16. The van der Waals surface area contributed by atoms with E-state index in [0.29, 0.717) is 16.7 Å². The minimum Gasteiger partial charge on any atom is -0.494 e. The number of aromatic nitrogens is 1. The van der Waals surface area contributed by atoms with Gasteiger partial charge in [-0.2, -0.15) is 0 Å². The predicted molar refractivity (Wildman–Crippen MR) is 101 cm³/mol. The molecule has 5 rings (SSSR count). The van der Waals surface area contributed by atoms with Crippen molar-refractivity contribution in [2.24, 2.45) is 0 Å². The number of hydrogen-bond donors (Lipinski definition) is 1. The largest absolute Gasteiger partial charge is 0.494 e. The van der Waals surface area contributed by atoms with Crippen molar-refractivity contribution in [1.82, 2.24) is 15.2 Å². The van der Waals surface area contributed by atoms with E-state index in [1.807, 2.05) is 0 Å². The van der Waals surface area contributed by atoms with Gasteiger partial charge in [0.05, 0.1) is 19.1 Å². The summed E-state index contributed by atoms with van der Waals surface area (Å²) >= 11 is 0. The van der Waals surface area contributed by atoms with E-state index in [4.69, 9.17) is 9.15 Å². The van der Waals surface area contributed by atoms with Crippen molar-refractivity contribution in [2.45, 2.75) is 18.4 Å². The fourth-order valence-electron chi connectivity index (χ4n) is 4.16. The first-order valence-electron chi connectivity index (χ1n) is 9.27. The number of nitrogens with one attached hydrogen (secondary N) is 1. The number of rotatable bonds is 4. The fraction of sp³-hybridized carbons (Fsp3) is 0.238. The zero-order valence-electron chi connectivity index (χ0n) is 15.9. The van der Waals surface area contributed by atoms with E-state index in [0.717, 1.165) is 0 Å². The molecule has 3 aromatic rings. The van der Waals surface area contributed by atoms with Gasteiger partial charge in [0.15, 0.2) is 17.1 Å². The summed E-state index contributed by atoms with van der Waals surface area (Å²) in [7, 11) is 1.32. The van der Waals surface area contributed by atoms with E-state index in [1.165, 1.54) is 18.1 Å². The molecule has 0 bridgehead atoms. The maximum Gasteiger partial charge on any atom is 0.257 e. The van der Waals surface area contributed by atoms with Gasteiger partial charge in [0.2, 0.25) is 11.8 Å². The van der Waals surface area contributed by atoms with Crippen LogP contribution in [0.5, 0.6) is 5.75 Å². The summed E-state index contributed by atoms with van der Waals surface area (Å²) in [5, 5.41) is 2.30. The van der Waals surface area contributed by atoms with Gasteiger partial charge in [-0.1, -0.05) is 6.07 Å². The molecule has 1 fully saturated rings. The van der Waals surface area contributed by atoms with Crippen LogP contribution in [-0.4, -0.2) is 41.3 Å². The average molecular weight is 409 g/mol. The van der Waals surface area contributed by atoms with Crippen LogP contribution in [0, 0.1) is 5.82 Å². The molecule has 152 valence electrons. The molecular weight excluding hydrogens is 393 g/mol. The Morgan fingerprint density at radius 3 is 2.83 bits per heavy atom. The number of benzene rings is 1. The highest BCUT2D eigenvalue weighted by atomic mass is 19.1. The Morgan fingerprint density at radius 2 is 2.13 bits per heavy atom. The van der Waals surface area contributed by atoms with Crippen LogP contribution in [0.3, 0.4) is 0 Å². The average Bonchev–Trinajstić information content (AvgIpc) is 3.37. The SMILES string of the molecule is COc1ccc2c(c1F)C(=O)N(C[C@@]1(c3cc4ncccc4o3)CC(=O)NC1=O)C2. The molecule has 30 heavy (non-hydrogen) atoms. The van der Waals surface area contributed by atoms with E-state index in [-0.39, 0.29) is 36.6 Å². The molecule has 1 aromatic carbocycles. The number of halogens is 1. The highest BCUT2D eigenvalue weighted by molar-refractivity contribution is 6.10. The molecule has 2 aromatic heterocycles. The number of imide groups is 1. The summed E-state index contributed by atoms with van der Waals surface area (Å²) in [5.41, 5.74) is -0.0163. The normalized spacial score (nSPS) is 20.7. The van der Waals surface area contributed by atoms with Gasteiger partial charge in [0, 0.05) is 25.4 Å². The molecule has 0 radical (unpaired) electrons. The lowest BCUT2D eigenvalue weighted by molar-refractivity contribution is -0.126. The maximum absolute atomic E-state index is 14.7. The van der Waals surface area contributed by atoms with Crippen molar-refractivity contribution in [1.29, 1.82) is 0 Å². The van der Waals surface area contributed by atoms with Crippen molar-refractivity contribution >= 4 is 28.8 Å². The topological polar surface area (TPSA) is 102 Å². The van der Waals surface area contributed by atoms with Gasteiger partial charge in [-0.25, -0.2) is 4.39 Å². The summed E-state index contributed by atoms with van der Waals surface area (Å²) < 4.78 is 25.5. The molecule has 1 atom stereocenters. The van der Waals surface area contributed by atoms with Crippen LogP contribution in [-0.2, 0) is 21.5 Å². The second-order valence-electron chi connectivity index (χ2n) is 7.41. The van der Waals surface area contributed by atoms with Crippen LogP contribution in [0.2, 0.25) is 0 Å². The van der Waals surface area contributed by atoms with Crippen molar-refractivity contribution in [3.8, 4) is 5.75 Å². The Morgan fingerprint density at radius 1 is 1.30 bits per heavy atom. The maximum atomic E-state index is 14.7. The smallest absolute Gasteiger partial charge is 0.257 e. The summed E-state index contributed by atoms with van der Waals surface area (Å²) in [6, 6.07) is 8.07. The molecule has 3 amide bonds. The van der Waals surface area contributed by atoms with Gasteiger partial charge in [-0.15, -0.1) is 0 Å². The highest BCUT2D eigenvalue weighted by Gasteiger charge is 2.53. The Balaban J connectivity index is 1.56. The molecule has 2 aliphatic heterocycles. The first-order valence-corrected chi connectivity index (χ1v) is 9.27. The third-order valence-corrected chi connectivity index (χ3v) is 5.64. The van der Waals surface area contributed by atoms with Crippen LogP contribution in [0.15, 0.2) is 40.9 Å². The third kappa shape index (κ3) is 2.51. The van der Waals surface area contributed by atoms with Crippen molar-refractivity contribution in [3.63, 3.8) is 0 Å². The van der Waals surface area contributed by atoms with Gasteiger partial charge in [-0.3, -0.25) is 24.7 Å².